The van der Waals surface area contributed by atoms with Gasteiger partial charge < -0.3 is 19.7 Å². The molecule has 1 aromatic rings. The van der Waals surface area contributed by atoms with Gasteiger partial charge >= 0.3 is 0 Å². The van der Waals surface area contributed by atoms with Crippen LogP contribution < -0.4 is 20.1 Å². The Morgan fingerprint density at radius 2 is 2.07 bits per heavy atom. The van der Waals surface area contributed by atoms with E-state index in [4.69, 9.17) is 9.47 Å². The molecule has 0 bridgehead atoms. The van der Waals surface area contributed by atoms with Crippen molar-refractivity contribution in [1.29, 1.82) is 0 Å². The predicted octanol–water partition coefficient (Wildman–Crippen LogP) is 2.03. The van der Waals surface area contributed by atoms with Gasteiger partial charge in [0.15, 0.2) is 11.5 Å². The third-order valence-corrected chi connectivity index (χ3v) is 4.68. The first kappa shape index (κ1) is 21.4. The zero-order chi connectivity index (χ0) is 19.9. The number of likely N-dealkylation sites (N-methyl/N-ethyl adjacent to an activating group) is 1. The van der Waals surface area contributed by atoms with E-state index in [0.29, 0.717) is 18.1 Å². The Morgan fingerprint density at radius 3 is 2.67 bits per heavy atom. The van der Waals surface area contributed by atoms with Gasteiger partial charge in [0.1, 0.15) is 6.61 Å². The van der Waals surface area contributed by atoms with Crippen LogP contribution in [-0.4, -0.2) is 62.7 Å². The molecule has 0 aliphatic carbocycles. The number of alkyl halides is 2. The van der Waals surface area contributed by atoms with Crippen LogP contribution in [0.2, 0.25) is 0 Å². The van der Waals surface area contributed by atoms with E-state index < -0.39 is 30.8 Å². The topological polar surface area (TPSA) is 62.8 Å². The zero-order valence-electron chi connectivity index (χ0n) is 16.2. The number of benzene rings is 1. The van der Waals surface area contributed by atoms with Gasteiger partial charge in [-0.3, -0.25) is 10.1 Å². The van der Waals surface area contributed by atoms with Crippen molar-refractivity contribution in [3.8, 4) is 11.5 Å². The molecule has 1 unspecified atom stereocenters. The molecule has 1 aromatic carbocycles. The highest BCUT2D eigenvalue weighted by Gasteiger charge is 2.42. The summed E-state index contributed by atoms with van der Waals surface area (Å²) in [6, 6.07) is 4.55. The van der Waals surface area contributed by atoms with E-state index >= 15 is 0 Å². The molecule has 27 heavy (non-hydrogen) atoms. The average Bonchev–Trinajstić information content (AvgIpc) is 3.03. The summed E-state index contributed by atoms with van der Waals surface area (Å²) < 4.78 is 37.5. The lowest BCUT2D eigenvalue weighted by atomic mass is 10.1. The maximum Gasteiger partial charge on any atom is 0.262 e. The molecule has 0 radical (unpaired) electrons. The second-order valence-electron chi connectivity index (χ2n) is 6.57. The van der Waals surface area contributed by atoms with Crippen LogP contribution in [0.3, 0.4) is 0 Å². The summed E-state index contributed by atoms with van der Waals surface area (Å²) in [6.07, 6.45) is -0.471. The third kappa shape index (κ3) is 6.32. The van der Waals surface area contributed by atoms with E-state index in [1.54, 1.807) is 19.2 Å². The number of hydrogen-bond donors (Lipinski definition) is 2. The Morgan fingerprint density at radius 1 is 1.33 bits per heavy atom. The molecule has 1 saturated heterocycles. The van der Waals surface area contributed by atoms with E-state index in [9.17, 15) is 13.6 Å². The molecule has 2 N–H and O–H groups in total. The fraction of sp³-hybridized carbons (Fsp3) is 0.632. The maximum absolute atomic E-state index is 13.2. The Labute approximate surface area is 159 Å². The van der Waals surface area contributed by atoms with Crippen molar-refractivity contribution < 1.29 is 23.0 Å². The third-order valence-electron chi connectivity index (χ3n) is 4.68. The molecule has 8 heteroatoms. The molecule has 1 fully saturated rings. The summed E-state index contributed by atoms with van der Waals surface area (Å²) in [5, 5.41) is 5.23. The van der Waals surface area contributed by atoms with Gasteiger partial charge in [0, 0.05) is 19.5 Å². The number of halogens is 2. The van der Waals surface area contributed by atoms with Gasteiger partial charge in [-0.15, -0.1) is 0 Å². The first-order valence-electron chi connectivity index (χ1n) is 9.29. The van der Waals surface area contributed by atoms with Crippen molar-refractivity contribution in [2.75, 3.05) is 39.9 Å². The molecule has 1 amide bonds. The monoisotopic (exact) mass is 385 g/mol. The molecular weight excluding hydrogens is 356 g/mol. The van der Waals surface area contributed by atoms with Crippen molar-refractivity contribution in [2.24, 2.45) is 0 Å². The van der Waals surface area contributed by atoms with Gasteiger partial charge in [0.2, 0.25) is 5.91 Å². The van der Waals surface area contributed by atoms with Crippen LogP contribution in [0, 0.1) is 0 Å². The van der Waals surface area contributed by atoms with Gasteiger partial charge in [-0.2, -0.15) is 0 Å². The lowest BCUT2D eigenvalue weighted by Gasteiger charge is -2.19. The fourth-order valence-electron chi connectivity index (χ4n) is 2.98. The molecule has 0 spiro atoms. The van der Waals surface area contributed by atoms with Crippen molar-refractivity contribution in [3.63, 3.8) is 0 Å². The van der Waals surface area contributed by atoms with Crippen molar-refractivity contribution >= 4 is 5.91 Å². The first-order valence-corrected chi connectivity index (χ1v) is 9.29. The highest BCUT2D eigenvalue weighted by Crippen LogP contribution is 2.28. The summed E-state index contributed by atoms with van der Waals surface area (Å²) in [5.41, 5.74) is 0.807. The number of rotatable bonds is 10. The minimum Gasteiger partial charge on any atom is -0.493 e. The van der Waals surface area contributed by atoms with Crippen molar-refractivity contribution in [1.82, 2.24) is 15.5 Å². The number of carbonyl (C=O) groups is 1. The molecule has 0 saturated carbocycles. The van der Waals surface area contributed by atoms with Gasteiger partial charge in [0.05, 0.1) is 19.7 Å². The zero-order valence-corrected chi connectivity index (χ0v) is 16.2. The Kier molecular flexibility index (Phi) is 7.79. The Bertz CT molecular complexity index is 624. The minimum absolute atomic E-state index is 0.235. The van der Waals surface area contributed by atoms with Gasteiger partial charge in [-0.1, -0.05) is 19.9 Å². The quantitative estimate of drug-likeness (QED) is 0.645. The number of carbonyl (C=O) groups excluding carboxylic acids is 1. The Balaban J connectivity index is 1.86. The molecular formula is C19H29F2N3O3. The lowest BCUT2D eigenvalue weighted by molar-refractivity contribution is -0.123. The average molecular weight is 385 g/mol. The largest absolute Gasteiger partial charge is 0.493 e. The van der Waals surface area contributed by atoms with E-state index in [1.165, 1.54) is 0 Å². The molecule has 152 valence electrons. The summed E-state index contributed by atoms with van der Waals surface area (Å²) >= 11 is 0. The molecule has 6 nitrogen and oxygen atoms in total. The van der Waals surface area contributed by atoms with E-state index in [-0.39, 0.29) is 6.54 Å². The van der Waals surface area contributed by atoms with Crippen LogP contribution in [-0.2, 0) is 11.3 Å². The molecule has 2 rings (SSSR count). The van der Waals surface area contributed by atoms with Crippen molar-refractivity contribution in [2.45, 2.75) is 38.8 Å². The van der Waals surface area contributed by atoms with Crippen LogP contribution in [0.25, 0.3) is 0 Å². The second kappa shape index (κ2) is 9.85. The predicted molar refractivity (Wildman–Crippen MR) is 99.5 cm³/mol. The molecule has 1 aliphatic rings. The first-order chi connectivity index (χ1) is 12.9. The highest BCUT2D eigenvalue weighted by molar-refractivity contribution is 5.82. The molecule has 1 heterocycles. The maximum atomic E-state index is 13.2. The number of amides is 1. The number of hydrogen-bond acceptors (Lipinski definition) is 5. The van der Waals surface area contributed by atoms with Crippen LogP contribution in [0.5, 0.6) is 11.5 Å². The van der Waals surface area contributed by atoms with Crippen LogP contribution in [0.4, 0.5) is 8.78 Å². The summed E-state index contributed by atoms with van der Waals surface area (Å²) in [7, 11) is 1.56. The van der Waals surface area contributed by atoms with Crippen LogP contribution in [0.1, 0.15) is 25.8 Å². The van der Waals surface area contributed by atoms with Gasteiger partial charge in [-0.05, 0) is 30.8 Å². The number of nitrogens with zero attached hydrogens (tertiary/aromatic N) is 1. The van der Waals surface area contributed by atoms with E-state index in [1.807, 2.05) is 6.07 Å². The lowest BCUT2D eigenvalue weighted by Crippen LogP contribution is -2.40. The molecule has 1 aliphatic heterocycles. The Hall–Kier alpha value is -1.93. The number of nitrogens with one attached hydrogen (secondary N) is 2. The summed E-state index contributed by atoms with van der Waals surface area (Å²) in [5.74, 6) is -2.04. The normalized spacial score (nSPS) is 18.5. The van der Waals surface area contributed by atoms with Crippen LogP contribution >= 0.6 is 0 Å². The SMILES string of the molecule is CCN(CC)CCOc1ccc(CNC(=O)C2CC(F)(F)CN2)cc1OC. The molecule has 0 aromatic heterocycles. The second-order valence-corrected chi connectivity index (χ2v) is 6.57. The van der Waals surface area contributed by atoms with Crippen LogP contribution in [0.15, 0.2) is 18.2 Å². The van der Waals surface area contributed by atoms with Crippen molar-refractivity contribution in [3.05, 3.63) is 23.8 Å². The van der Waals surface area contributed by atoms with Gasteiger partial charge in [0.25, 0.3) is 5.92 Å². The summed E-state index contributed by atoms with van der Waals surface area (Å²) in [6.45, 7) is 7.30. The summed E-state index contributed by atoms with van der Waals surface area (Å²) in [4.78, 5) is 14.3. The fourth-order valence-corrected chi connectivity index (χ4v) is 2.98. The molecule has 1 atom stereocenters. The van der Waals surface area contributed by atoms with Gasteiger partial charge in [-0.25, -0.2) is 8.78 Å². The van der Waals surface area contributed by atoms with E-state index in [0.717, 1.165) is 25.2 Å². The van der Waals surface area contributed by atoms with E-state index in [2.05, 4.69) is 29.4 Å². The smallest absolute Gasteiger partial charge is 0.262 e. The minimum atomic E-state index is -2.82. The highest BCUT2D eigenvalue weighted by atomic mass is 19.3. The standard InChI is InChI=1S/C19H29F2N3O3/c1-4-24(5-2)8-9-27-16-7-6-14(10-17(16)26-3)12-22-18(25)15-11-19(20,21)13-23-15/h6-7,10,15,23H,4-5,8-9,11-13H2,1-3H3,(H,22,25). The number of ether oxygens (including phenoxy) is 2. The number of methoxy groups -OCH3 is 1.